The molecule has 3 rings (SSSR count). The van der Waals surface area contributed by atoms with Gasteiger partial charge in [-0.3, -0.25) is 4.79 Å². The molecule has 110 valence electrons. The molecule has 1 fully saturated rings. The van der Waals surface area contributed by atoms with Gasteiger partial charge < -0.3 is 14.2 Å². The highest BCUT2D eigenvalue weighted by molar-refractivity contribution is 5.91. The van der Waals surface area contributed by atoms with Gasteiger partial charge in [-0.2, -0.15) is 0 Å². The quantitative estimate of drug-likeness (QED) is 0.852. The van der Waals surface area contributed by atoms with Crippen LogP contribution >= 0.6 is 0 Å². The normalized spacial score (nSPS) is 15.3. The van der Waals surface area contributed by atoms with Gasteiger partial charge in [0.05, 0.1) is 6.26 Å². The first kappa shape index (κ1) is 13.7. The number of nitrogens with zero attached hydrogens (tertiary/aromatic N) is 2. The van der Waals surface area contributed by atoms with Gasteiger partial charge in [0.1, 0.15) is 5.82 Å². The van der Waals surface area contributed by atoms with Crippen LogP contribution in [0.15, 0.2) is 41.0 Å². The van der Waals surface area contributed by atoms with Crippen LogP contribution in [0.5, 0.6) is 0 Å². The molecule has 1 saturated heterocycles. The molecule has 0 N–H and O–H groups in total. The van der Waals surface area contributed by atoms with Crippen LogP contribution in [0.4, 0.5) is 10.1 Å². The Morgan fingerprint density at radius 2 is 1.81 bits per heavy atom. The second-order valence-corrected chi connectivity index (χ2v) is 5.24. The van der Waals surface area contributed by atoms with Gasteiger partial charge in [-0.25, -0.2) is 4.39 Å². The smallest absolute Gasteiger partial charge is 0.289 e. The van der Waals surface area contributed by atoms with E-state index in [-0.39, 0.29) is 11.7 Å². The molecule has 0 bridgehead atoms. The van der Waals surface area contributed by atoms with Gasteiger partial charge in [-0.1, -0.05) is 0 Å². The van der Waals surface area contributed by atoms with Gasteiger partial charge in [0, 0.05) is 31.9 Å². The monoisotopic (exact) mass is 288 g/mol. The van der Waals surface area contributed by atoms with Crippen molar-refractivity contribution in [3.05, 3.63) is 53.7 Å². The summed E-state index contributed by atoms with van der Waals surface area (Å²) in [6.07, 6.45) is 1.59. The summed E-state index contributed by atoms with van der Waals surface area (Å²) in [7, 11) is 0. The van der Waals surface area contributed by atoms with E-state index < -0.39 is 0 Å². The molecule has 0 unspecified atom stereocenters. The Balaban J connectivity index is 1.62. The molecule has 0 spiro atoms. The molecule has 1 amide bonds. The van der Waals surface area contributed by atoms with Gasteiger partial charge >= 0.3 is 0 Å². The van der Waals surface area contributed by atoms with Crippen LogP contribution in [0.2, 0.25) is 0 Å². The third-order valence-corrected chi connectivity index (χ3v) is 3.70. The van der Waals surface area contributed by atoms with Gasteiger partial charge in [0.25, 0.3) is 5.91 Å². The van der Waals surface area contributed by atoms with Gasteiger partial charge in [0.2, 0.25) is 0 Å². The number of hydrogen-bond acceptors (Lipinski definition) is 3. The summed E-state index contributed by atoms with van der Waals surface area (Å²) in [4.78, 5) is 16.2. The number of rotatable bonds is 2. The Hall–Kier alpha value is -2.30. The van der Waals surface area contributed by atoms with E-state index in [2.05, 4.69) is 4.90 Å². The highest BCUT2D eigenvalue weighted by Crippen LogP contribution is 2.18. The standard InChI is InChI=1S/C16H17FN2O2/c1-12-10-15(21-11-12)16(20)19-8-6-18(7-9-19)14-4-2-13(17)3-5-14/h2-5,10-11H,6-9H2,1H3. The maximum atomic E-state index is 12.9. The predicted molar refractivity (Wildman–Crippen MR) is 78.0 cm³/mol. The molecule has 1 aromatic carbocycles. The van der Waals surface area contributed by atoms with Crippen LogP contribution in [0, 0.1) is 12.7 Å². The summed E-state index contributed by atoms with van der Waals surface area (Å²) in [5, 5.41) is 0. The number of furan rings is 1. The Kier molecular flexibility index (Phi) is 3.64. The molecule has 0 aliphatic carbocycles. The lowest BCUT2D eigenvalue weighted by Crippen LogP contribution is -2.48. The fraction of sp³-hybridized carbons (Fsp3) is 0.312. The second kappa shape index (κ2) is 5.60. The molecule has 1 aliphatic rings. The molecule has 0 atom stereocenters. The summed E-state index contributed by atoms with van der Waals surface area (Å²) in [6.45, 7) is 4.63. The number of piperazine rings is 1. The minimum absolute atomic E-state index is 0.0677. The molecule has 2 aromatic rings. The summed E-state index contributed by atoms with van der Waals surface area (Å²) in [5.74, 6) is 0.0883. The maximum absolute atomic E-state index is 12.9. The first-order valence-corrected chi connectivity index (χ1v) is 6.98. The van der Waals surface area contributed by atoms with Gasteiger partial charge in [-0.05, 0) is 42.8 Å². The van der Waals surface area contributed by atoms with Crippen molar-refractivity contribution in [3.8, 4) is 0 Å². The number of amides is 1. The van der Waals surface area contributed by atoms with Crippen molar-refractivity contribution in [2.45, 2.75) is 6.92 Å². The molecule has 4 nitrogen and oxygen atoms in total. The first-order chi connectivity index (χ1) is 10.1. The van der Waals surface area contributed by atoms with Gasteiger partial charge in [-0.15, -0.1) is 0 Å². The van der Waals surface area contributed by atoms with Crippen LogP contribution in [0.1, 0.15) is 16.1 Å². The van der Waals surface area contributed by atoms with Crippen LogP contribution in [-0.2, 0) is 0 Å². The van der Waals surface area contributed by atoms with E-state index >= 15 is 0 Å². The zero-order valence-corrected chi connectivity index (χ0v) is 11.9. The molecule has 5 heteroatoms. The minimum Gasteiger partial charge on any atom is -0.459 e. The lowest BCUT2D eigenvalue weighted by atomic mass is 10.2. The lowest BCUT2D eigenvalue weighted by molar-refractivity contribution is 0.0714. The number of carbonyl (C=O) groups is 1. The van der Waals surface area contributed by atoms with E-state index in [1.807, 2.05) is 6.92 Å². The Morgan fingerprint density at radius 3 is 2.38 bits per heavy atom. The van der Waals surface area contributed by atoms with Crippen LogP contribution in [-0.4, -0.2) is 37.0 Å². The van der Waals surface area contributed by atoms with Crippen LogP contribution in [0.3, 0.4) is 0 Å². The lowest BCUT2D eigenvalue weighted by Gasteiger charge is -2.35. The number of hydrogen-bond donors (Lipinski definition) is 0. The molecular weight excluding hydrogens is 271 g/mol. The van der Waals surface area contributed by atoms with E-state index in [4.69, 9.17) is 4.42 Å². The number of benzene rings is 1. The summed E-state index contributed by atoms with van der Waals surface area (Å²) in [6, 6.07) is 8.21. The summed E-state index contributed by atoms with van der Waals surface area (Å²) in [5.41, 5.74) is 1.93. The molecule has 0 radical (unpaired) electrons. The van der Waals surface area contributed by atoms with E-state index in [1.54, 1.807) is 29.4 Å². The minimum atomic E-state index is -0.235. The molecule has 1 aliphatic heterocycles. The first-order valence-electron chi connectivity index (χ1n) is 6.98. The SMILES string of the molecule is Cc1coc(C(=O)N2CCN(c3ccc(F)cc3)CC2)c1. The average molecular weight is 288 g/mol. The van der Waals surface area contributed by atoms with Crippen LogP contribution in [0.25, 0.3) is 0 Å². The average Bonchev–Trinajstić information content (AvgIpc) is 2.94. The molecule has 21 heavy (non-hydrogen) atoms. The Morgan fingerprint density at radius 1 is 1.14 bits per heavy atom. The third-order valence-electron chi connectivity index (χ3n) is 3.70. The predicted octanol–water partition coefficient (Wildman–Crippen LogP) is 2.69. The second-order valence-electron chi connectivity index (χ2n) is 5.24. The van der Waals surface area contributed by atoms with E-state index in [9.17, 15) is 9.18 Å². The Labute approximate surface area is 122 Å². The van der Waals surface area contributed by atoms with Crippen molar-refractivity contribution in [3.63, 3.8) is 0 Å². The topological polar surface area (TPSA) is 36.7 Å². The highest BCUT2D eigenvalue weighted by atomic mass is 19.1. The van der Waals surface area contributed by atoms with E-state index in [0.717, 1.165) is 24.3 Å². The number of carbonyl (C=O) groups excluding carboxylic acids is 1. The van der Waals surface area contributed by atoms with E-state index in [1.165, 1.54) is 12.1 Å². The van der Waals surface area contributed by atoms with Crippen LogP contribution < -0.4 is 4.90 Å². The third kappa shape index (κ3) is 2.91. The van der Waals surface area contributed by atoms with Crippen molar-refractivity contribution in [1.82, 2.24) is 4.90 Å². The zero-order chi connectivity index (χ0) is 14.8. The summed E-state index contributed by atoms with van der Waals surface area (Å²) < 4.78 is 18.2. The fourth-order valence-electron chi connectivity index (χ4n) is 2.52. The molecular formula is C16H17FN2O2. The largest absolute Gasteiger partial charge is 0.459 e. The van der Waals surface area contributed by atoms with E-state index in [0.29, 0.717) is 18.8 Å². The fourth-order valence-corrected chi connectivity index (χ4v) is 2.52. The maximum Gasteiger partial charge on any atom is 0.289 e. The molecule has 0 saturated carbocycles. The van der Waals surface area contributed by atoms with Crippen molar-refractivity contribution in [1.29, 1.82) is 0 Å². The number of anilines is 1. The number of halogens is 1. The number of aryl methyl sites for hydroxylation is 1. The molecule has 1 aromatic heterocycles. The highest BCUT2D eigenvalue weighted by Gasteiger charge is 2.24. The zero-order valence-electron chi connectivity index (χ0n) is 11.9. The van der Waals surface area contributed by atoms with Gasteiger partial charge in [0.15, 0.2) is 5.76 Å². The molecule has 2 heterocycles. The summed E-state index contributed by atoms with van der Waals surface area (Å²) >= 11 is 0. The van der Waals surface area contributed by atoms with Crippen molar-refractivity contribution in [2.24, 2.45) is 0 Å². The Bertz CT molecular complexity index is 628. The van der Waals surface area contributed by atoms with Crippen molar-refractivity contribution < 1.29 is 13.6 Å². The van der Waals surface area contributed by atoms with Crippen molar-refractivity contribution in [2.75, 3.05) is 31.1 Å². The van der Waals surface area contributed by atoms with Crippen molar-refractivity contribution >= 4 is 11.6 Å².